The molecule has 1 heterocycles. The molecule has 0 fully saturated rings. The first-order valence-corrected chi connectivity index (χ1v) is 6.12. The molecule has 3 N–H and O–H groups in total. The molecule has 0 aliphatic rings. The summed E-state index contributed by atoms with van der Waals surface area (Å²) in [5.41, 5.74) is 2.42. The molecule has 3 aromatic rings. The van der Waals surface area contributed by atoms with Crippen molar-refractivity contribution in [2.24, 2.45) is 10.9 Å². The van der Waals surface area contributed by atoms with E-state index in [-0.39, 0.29) is 11.3 Å². The fourth-order valence-corrected chi connectivity index (χ4v) is 2.06. The molecule has 5 heteroatoms. The van der Waals surface area contributed by atoms with Crippen LogP contribution in [0.3, 0.4) is 0 Å². The van der Waals surface area contributed by atoms with Gasteiger partial charge < -0.3 is 10.8 Å². The second kappa shape index (κ2) is 4.97. The van der Waals surface area contributed by atoms with Gasteiger partial charge in [-0.2, -0.15) is 5.10 Å². The highest BCUT2D eigenvalue weighted by Gasteiger charge is 2.13. The molecule has 0 saturated carbocycles. The topological polar surface area (TPSA) is 84.1 Å². The number of nitrogens with two attached hydrogens (primary N) is 1. The summed E-state index contributed by atoms with van der Waals surface area (Å²) in [7, 11) is 0. The van der Waals surface area contributed by atoms with E-state index in [0.717, 1.165) is 5.56 Å². The molecular weight excluding hydrogens is 252 g/mol. The average molecular weight is 264 g/mol. The highest BCUT2D eigenvalue weighted by atomic mass is 16.1. The van der Waals surface area contributed by atoms with E-state index in [2.05, 4.69) is 15.1 Å². The van der Waals surface area contributed by atoms with Crippen LogP contribution < -0.4 is 11.4 Å². The van der Waals surface area contributed by atoms with E-state index in [1.807, 2.05) is 48.5 Å². The third-order valence-electron chi connectivity index (χ3n) is 3.00. The van der Waals surface area contributed by atoms with Crippen LogP contribution in [0.5, 0.6) is 0 Å². The van der Waals surface area contributed by atoms with Crippen LogP contribution in [0.4, 0.5) is 0 Å². The maximum atomic E-state index is 12.2. The molecule has 0 saturated heterocycles. The van der Waals surface area contributed by atoms with Crippen molar-refractivity contribution in [1.82, 2.24) is 9.97 Å². The Kier molecular flexibility index (Phi) is 3.01. The Morgan fingerprint density at radius 3 is 2.50 bits per heavy atom. The molecule has 98 valence electrons. The summed E-state index contributed by atoms with van der Waals surface area (Å²) in [5, 5.41) is 3.73. The first-order chi connectivity index (χ1) is 9.79. The minimum absolute atomic E-state index is 0.220. The number of hydrogen-bond donors (Lipinski definition) is 2. The van der Waals surface area contributed by atoms with Gasteiger partial charge in [-0.3, -0.25) is 4.79 Å². The molecule has 2 aromatic carbocycles. The summed E-state index contributed by atoms with van der Waals surface area (Å²) in [4.78, 5) is 19.3. The lowest BCUT2D eigenvalue weighted by molar-refractivity contribution is 1.16. The van der Waals surface area contributed by atoms with Crippen LogP contribution in [0, 0.1) is 0 Å². The summed E-state index contributed by atoms with van der Waals surface area (Å²) in [5.74, 6) is 5.44. The number of para-hydroxylation sites is 2. The first kappa shape index (κ1) is 12.1. The van der Waals surface area contributed by atoms with Crippen molar-refractivity contribution in [2.45, 2.75) is 0 Å². The highest BCUT2D eigenvalue weighted by Crippen LogP contribution is 2.10. The molecule has 3 rings (SSSR count). The minimum Gasteiger partial charge on any atom is -0.323 e. The van der Waals surface area contributed by atoms with Crippen molar-refractivity contribution in [3.8, 4) is 0 Å². The third-order valence-corrected chi connectivity index (χ3v) is 3.00. The van der Waals surface area contributed by atoms with Gasteiger partial charge in [-0.1, -0.05) is 42.5 Å². The van der Waals surface area contributed by atoms with Gasteiger partial charge >= 0.3 is 0 Å². The Balaban J connectivity index is 2.23. The minimum atomic E-state index is -0.309. The number of nitrogens with zero attached hydrogens (tertiary/aromatic N) is 2. The van der Waals surface area contributed by atoms with Crippen molar-refractivity contribution < 1.29 is 0 Å². The summed E-state index contributed by atoms with van der Waals surface area (Å²) in [6, 6.07) is 16.6. The van der Waals surface area contributed by atoms with Crippen LogP contribution in [0.2, 0.25) is 0 Å². The number of rotatable bonds is 2. The second-order valence-corrected chi connectivity index (χ2v) is 4.28. The van der Waals surface area contributed by atoms with Gasteiger partial charge in [0.25, 0.3) is 5.56 Å². The Morgan fingerprint density at radius 2 is 1.75 bits per heavy atom. The van der Waals surface area contributed by atoms with Crippen LogP contribution in [-0.2, 0) is 0 Å². The summed E-state index contributed by atoms with van der Waals surface area (Å²) < 4.78 is 0. The van der Waals surface area contributed by atoms with Crippen LogP contribution in [0.1, 0.15) is 11.3 Å². The molecule has 0 bridgehead atoms. The fourth-order valence-electron chi connectivity index (χ4n) is 2.06. The van der Waals surface area contributed by atoms with Gasteiger partial charge in [-0.25, -0.2) is 4.98 Å². The van der Waals surface area contributed by atoms with Crippen LogP contribution in [0.15, 0.2) is 64.5 Å². The van der Waals surface area contributed by atoms with Crippen LogP contribution >= 0.6 is 0 Å². The third kappa shape index (κ3) is 2.05. The average Bonchev–Trinajstić information content (AvgIpc) is 2.49. The lowest BCUT2D eigenvalue weighted by Crippen LogP contribution is -2.22. The number of fused-ring (bicyclic) bond motifs is 1. The van der Waals surface area contributed by atoms with Gasteiger partial charge in [0, 0.05) is 5.56 Å². The van der Waals surface area contributed by atoms with Gasteiger partial charge in [0.15, 0.2) is 5.69 Å². The standard InChI is InChI=1S/C15H12N4O/c16-19-13(10-6-2-1-3-7-10)14-15(20)18-12-9-5-4-8-11(12)17-14/h1-9H,16H2,(H,18,20). The van der Waals surface area contributed by atoms with Gasteiger partial charge in [0.1, 0.15) is 5.71 Å². The summed E-state index contributed by atoms with van der Waals surface area (Å²) in [6.07, 6.45) is 0. The number of benzene rings is 2. The van der Waals surface area contributed by atoms with Crippen molar-refractivity contribution in [2.75, 3.05) is 0 Å². The normalized spacial score (nSPS) is 11.7. The largest absolute Gasteiger partial charge is 0.323 e. The lowest BCUT2D eigenvalue weighted by Gasteiger charge is -2.05. The number of aromatic amines is 1. The van der Waals surface area contributed by atoms with Gasteiger partial charge in [0.2, 0.25) is 0 Å². The number of nitrogens with one attached hydrogen (secondary N) is 1. The Hall–Kier alpha value is -2.95. The number of hydrazone groups is 1. The van der Waals surface area contributed by atoms with Crippen LogP contribution in [-0.4, -0.2) is 15.7 Å². The molecule has 0 spiro atoms. The zero-order chi connectivity index (χ0) is 13.9. The molecule has 0 aliphatic carbocycles. The zero-order valence-electron chi connectivity index (χ0n) is 10.6. The fraction of sp³-hybridized carbons (Fsp3) is 0. The maximum Gasteiger partial charge on any atom is 0.276 e. The van der Waals surface area contributed by atoms with Crippen molar-refractivity contribution in [3.63, 3.8) is 0 Å². The molecular formula is C15H12N4O. The molecule has 0 aliphatic heterocycles. The number of H-pyrrole nitrogens is 1. The van der Waals surface area contributed by atoms with Crippen molar-refractivity contribution in [3.05, 3.63) is 76.2 Å². The monoisotopic (exact) mass is 264 g/mol. The lowest BCUT2D eigenvalue weighted by atomic mass is 10.1. The Morgan fingerprint density at radius 1 is 1.05 bits per heavy atom. The Labute approximate surface area is 114 Å². The molecule has 0 amide bonds. The molecule has 1 aromatic heterocycles. The van der Waals surface area contributed by atoms with Crippen LogP contribution in [0.25, 0.3) is 11.0 Å². The first-order valence-electron chi connectivity index (χ1n) is 6.12. The van der Waals surface area contributed by atoms with E-state index < -0.39 is 0 Å². The Bertz CT molecular complexity index is 837. The van der Waals surface area contributed by atoms with Gasteiger partial charge in [-0.15, -0.1) is 0 Å². The molecule has 0 atom stereocenters. The maximum absolute atomic E-state index is 12.2. The predicted octanol–water partition coefficient (Wildman–Crippen LogP) is 1.63. The summed E-state index contributed by atoms with van der Waals surface area (Å²) in [6.45, 7) is 0. The molecule has 0 radical (unpaired) electrons. The zero-order valence-corrected chi connectivity index (χ0v) is 10.6. The highest BCUT2D eigenvalue weighted by molar-refractivity contribution is 6.11. The molecule has 0 unspecified atom stereocenters. The predicted molar refractivity (Wildman–Crippen MR) is 78.6 cm³/mol. The van der Waals surface area contributed by atoms with E-state index in [9.17, 15) is 4.79 Å². The SMILES string of the molecule is NN=C(c1ccccc1)c1nc2ccccc2[nH]c1=O. The van der Waals surface area contributed by atoms with Crippen molar-refractivity contribution >= 4 is 16.7 Å². The van der Waals surface area contributed by atoms with E-state index in [1.54, 1.807) is 6.07 Å². The molecule has 20 heavy (non-hydrogen) atoms. The van der Waals surface area contributed by atoms with E-state index >= 15 is 0 Å². The van der Waals surface area contributed by atoms with E-state index in [4.69, 9.17) is 5.84 Å². The van der Waals surface area contributed by atoms with Crippen molar-refractivity contribution in [1.29, 1.82) is 0 Å². The molecule has 5 nitrogen and oxygen atoms in total. The van der Waals surface area contributed by atoms with Gasteiger partial charge in [-0.05, 0) is 12.1 Å². The quantitative estimate of drug-likeness (QED) is 0.419. The smallest absolute Gasteiger partial charge is 0.276 e. The number of aromatic nitrogens is 2. The second-order valence-electron chi connectivity index (χ2n) is 4.28. The van der Waals surface area contributed by atoms with E-state index in [0.29, 0.717) is 16.7 Å². The van der Waals surface area contributed by atoms with E-state index in [1.165, 1.54) is 0 Å². The summed E-state index contributed by atoms with van der Waals surface area (Å²) >= 11 is 0. The van der Waals surface area contributed by atoms with Gasteiger partial charge in [0.05, 0.1) is 11.0 Å². The number of hydrogen-bond acceptors (Lipinski definition) is 4.